The van der Waals surface area contributed by atoms with Gasteiger partial charge in [-0.1, -0.05) is 0 Å². The van der Waals surface area contributed by atoms with Crippen molar-refractivity contribution < 1.29 is 14.0 Å². The van der Waals surface area contributed by atoms with Crippen molar-refractivity contribution in [3.63, 3.8) is 0 Å². The fraction of sp³-hybridized carbons (Fsp3) is 0.438. The number of primary amides is 1. The lowest BCUT2D eigenvalue weighted by molar-refractivity contribution is -0.131. The van der Waals surface area contributed by atoms with E-state index in [9.17, 15) is 14.0 Å². The molecule has 6 nitrogen and oxygen atoms in total. The van der Waals surface area contributed by atoms with Gasteiger partial charge in [0, 0.05) is 25.7 Å². The van der Waals surface area contributed by atoms with Crippen LogP contribution in [0.15, 0.2) is 18.2 Å². The van der Waals surface area contributed by atoms with Gasteiger partial charge in [0.05, 0.1) is 24.1 Å². The minimum Gasteiger partial charge on any atom is -0.369 e. The molecule has 2 rings (SSSR count). The predicted octanol–water partition coefficient (Wildman–Crippen LogP) is 0.463. The molecule has 0 spiro atoms. The minimum absolute atomic E-state index is 0.0906. The second-order valence-electron chi connectivity index (χ2n) is 5.79. The first kappa shape index (κ1) is 16.9. The van der Waals surface area contributed by atoms with Gasteiger partial charge in [-0.15, -0.1) is 0 Å². The molecule has 2 N–H and O–H groups in total. The van der Waals surface area contributed by atoms with Crippen LogP contribution in [-0.4, -0.2) is 48.3 Å². The first-order valence-electron chi connectivity index (χ1n) is 7.35. The van der Waals surface area contributed by atoms with E-state index >= 15 is 0 Å². The molecule has 1 aromatic rings. The van der Waals surface area contributed by atoms with Crippen LogP contribution >= 0.6 is 0 Å². The number of carbonyl (C=O) groups is 2. The number of nitriles is 1. The molecule has 1 saturated heterocycles. The molecular weight excluding hydrogens is 299 g/mol. The van der Waals surface area contributed by atoms with Gasteiger partial charge in [0.25, 0.3) is 0 Å². The number of benzene rings is 1. The van der Waals surface area contributed by atoms with E-state index in [4.69, 9.17) is 11.0 Å². The Morgan fingerprint density at radius 1 is 1.52 bits per heavy atom. The van der Waals surface area contributed by atoms with Crippen molar-refractivity contribution in [3.8, 4) is 6.07 Å². The molecule has 1 heterocycles. The fourth-order valence-corrected chi connectivity index (χ4v) is 2.63. The summed E-state index contributed by atoms with van der Waals surface area (Å²) in [6.07, 6.45) is 0.658. The van der Waals surface area contributed by atoms with Gasteiger partial charge in [0.1, 0.15) is 5.82 Å². The van der Waals surface area contributed by atoms with Crippen molar-refractivity contribution in [3.05, 3.63) is 35.1 Å². The molecule has 122 valence electrons. The molecule has 23 heavy (non-hydrogen) atoms. The number of carbonyl (C=O) groups excluding carboxylic acids is 2. The Balaban J connectivity index is 1.93. The molecule has 0 aromatic heterocycles. The van der Waals surface area contributed by atoms with Crippen LogP contribution in [0.25, 0.3) is 0 Å². The van der Waals surface area contributed by atoms with Crippen LogP contribution in [0.2, 0.25) is 0 Å². The average molecular weight is 318 g/mol. The van der Waals surface area contributed by atoms with Gasteiger partial charge >= 0.3 is 0 Å². The van der Waals surface area contributed by atoms with Crippen molar-refractivity contribution in [1.82, 2.24) is 9.80 Å². The maximum atomic E-state index is 13.8. The third-order valence-electron chi connectivity index (χ3n) is 4.04. The fourth-order valence-electron chi connectivity index (χ4n) is 2.63. The number of likely N-dealkylation sites (N-methyl/N-ethyl adjacent to an activating group) is 1. The first-order valence-corrected chi connectivity index (χ1v) is 7.35. The van der Waals surface area contributed by atoms with E-state index in [1.807, 2.05) is 11.0 Å². The summed E-state index contributed by atoms with van der Waals surface area (Å²) >= 11 is 0. The number of nitrogens with two attached hydrogens (primary N) is 1. The standard InChI is InChI=1S/C16H19FN4O2/c1-20(8-13-6-11(7-18)2-3-14(13)17)15(22)10-21-5-4-12(9-21)16(19)23/h2-3,6,12H,4-5,8-10H2,1H3,(H2,19,23)/t12-/m0/s1. The molecule has 0 radical (unpaired) electrons. The normalized spacial score (nSPS) is 17.7. The van der Waals surface area contributed by atoms with E-state index < -0.39 is 5.82 Å². The Kier molecular flexibility index (Phi) is 5.29. The lowest BCUT2D eigenvalue weighted by Gasteiger charge is -2.22. The zero-order chi connectivity index (χ0) is 17.0. The summed E-state index contributed by atoms with van der Waals surface area (Å²) in [4.78, 5) is 26.6. The molecule has 1 atom stereocenters. The van der Waals surface area contributed by atoms with Crippen molar-refractivity contribution in [2.45, 2.75) is 13.0 Å². The third kappa shape index (κ3) is 4.27. The second-order valence-corrected chi connectivity index (χ2v) is 5.79. The highest BCUT2D eigenvalue weighted by Gasteiger charge is 2.28. The summed E-state index contributed by atoms with van der Waals surface area (Å²) < 4.78 is 13.8. The Hall–Kier alpha value is -2.46. The van der Waals surface area contributed by atoms with Crippen LogP contribution in [-0.2, 0) is 16.1 Å². The van der Waals surface area contributed by atoms with Crippen molar-refractivity contribution >= 4 is 11.8 Å². The number of rotatable bonds is 5. The molecule has 7 heteroatoms. The Morgan fingerprint density at radius 2 is 2.26 bits per heavy atom. The molecule has 0 bridgehead atoms. The molecule has 1 aliphatic heterocycles. The van der Waals surface area contributed by atoms with Gasteiger partial charge < -0.3 is 10.6 Å². The van der Waals surface area contributed by atoms with Crippen LogP contribution in [0.5, 0.6) is 0 Å². The molecule has 0 saturated carbocycles. The topological polar surface area (TPSA) is 90.4 Å². The molecule has 1 aromatic carbocycles. The highest BCUT2D eigenvalue weighted by Crippen LogP contribution is 2.16. The highest BCUT2D eigenvalue weighted by molar-refractivity contribution is 5.79. The molecular formula is C16H19FN4O2. The molecule has 2 amide bonds. The lowest BCUT2D eigenvalue weighted by Crippen LogP contribution is -2.38. The van der Waals surface area contributed by atoms with Gasteiger partial charge in [-0.2, -0.15) is 5.26 Å². The molecule has 1 fully saturated rings. The molecule has 0 unspecified atom stereocenters. The maximum Gasteiger partial charge on any atom is 0.236 e. The first-order chi connectivity index (χ1) is 10.9. The summed E-state index contributed by atoms with van der Waals surface area (Å²) in [6.45, 7) is 1.38. The smallest absolute Gasteiger partial charge is 0.236 e. The van der Waals surface area contributed by atoms with E-state index in [1.54, 1.807) is 7.05 Å². The number of hydrogen-bond donors (Lipinski definition) is 1. The number of nitrogens with zero attached hydrogens (tertiary/aromatic N) is 3. The van der Waals surface area contributed by atoms with Crippen LogP contribution < -0.4 is 5.73 Å². The maximum absolute atomic E-state index is 13.8. The number of likely N-dealkylation sites (tertiary alicyclic amines) is 1. The Labute approximate surface area is 134 Å². The largest absolute Gasteiger partial charge is 0.369 e. The Morgan fingerprint density at radius 3 is 2.87 bits per heavy atom. The van der Waals surface area contributed by atoms with Crippen LogP contribution in [0.3, 0.4) is 0 Å². The summed E-state index contributed by atoms with van der Waals surface area (Å²) in [5, 5.41) is 8.86. The number of hydrogen-bond acceptors (Lipinski definition) is 4. The van der Waals surface area contributed by atoms with E-state index in [1.165, 1.54) is 23.1 Å². The van der Waals surface area contributed by atoms with Crippen LogP contribution in [0.1, 0.15) is 17.5 Å². The SMILES string of the molecule is CN(Cc1cc(C#N)ccc1F)C(=O)CN1CC[C@H](C(N)=O)C1. The number of amides is 2. The second kappa shape index (κ2) is 7.20. The highest BCUT2D eigenvalue weighted by atomic mass is 19.1. The van der Waals surface area contributed by atoms with E-state index in [-0.39, 0.29) is 30.8 Å². The zero-order valence-corrected chi connectivity index (χ0v) is 13.0. The lowest BCUT2D eigenvalue weighted by atomic mass is 10.1. The van der Waals surface area contributed by atoms with Gasteiger partial charge in [-0.05, 0) is 31.2 Å². The third-order valence-corrected chi connectivity index (χ3v) is 4.04. The monoisotopic (exact) mass is 318 g/mol. The van der Waals surface area contributed by atoms with E-state index in [0.717, 1.165) is 0 Å². The summed E-state index contributed by atoms with van der Waals surface area (Å²) in [5.74, 6) is -1.17. The zero-order valence-electron chi connectivity index (χ0n) is 13.0. The Bertz CT molecular complexity index is 656. The predicted molar refractivity (Wildman–Crippen MR) is 81.3 cm³/mol. The number of halogens is 1. The van der Waals surface area contributed by atoms with Crippen molar-refractivity contribution in [1.29, 1.82) is 5.26 Å². The van der Waals surface area contributed by atoms with Gasteiger partial charge in [0.15, 0.2) is 0 Å². The summed E-state index contributed by atoms with van der Waals surface area (Å²) in [7, 11) is 1.59. The minimum atomic E-state index is -0.446. The summed E-state index contributed by atoms with van der Waals surface area (Å²) in [5.41, 5.74) is 5.92. The van der Waals surface area contributed by atoms with Crippen LogP contribution in [0.4, 0.5) is 4.39 Å². The molecule has 0 aliphatic carbocycles. The van der Waals surface area contributed by atoms with E-state index in [0.29, 0.717) is 30.6 Å². The van der Waals surface area contributed by atoms with E-state index in [2.05, 4.69) is 0 Å². The molecule has 1 aliphatic rings. The van der Waals surface area contributed by atoms with Gasteiger partial charge in [-0.3, -0.25) is 14.5 Å². The van der Waals surface area contributed by atoms with Gasteiger partial charge in [0.2, 0.25) is 11.8 Å². The quantitative estimate of drug-likeness (QED) is 0.854. The van der Waals surface area contributed by atoms with Crippen molar-refractivity contribution in [2.75, 3.05) is 26.7 Å². The van der Waals surface area contributed by atoms with Crippen LogP contribution in [0, 0.1) is 23.1 Å². The average Bonchev–Trinajstić information content (AvgIpc) is 2.98. The van der Waals surface area contributed by atoms with Crippen molar-refractivity contribution in [2.24, 2.45) is 11.7 Å². The van der Waals surface area contributed by atoms with Gasteiger partial charge in [-0.25, -0.2) is 4.39 Å². The summed E-state index contributed by atoms with van der Waals surface area (Å²) in [6, 6.07) is 6.02.